The quantitative estimate of drug-likeness (QED) is 0.314. The third-order valence-electron chi connectivity index (χ3n) is 5.84. The van der Waals surface area contributed by atoms with Gasteiger partial charge in [-0.3, -0.25) is 19.2 Å². The lowest BCUT2D eigenvalue weighted by molar-refractivity contribution is -0.122. The van der Waals surface area contributed by atoms with E-state index in [2.05, 4.69) is 23.8 Å². The third kappa shape index (κ3) is 8.40. The molecule has 2 N–H and O–H groups in total. The summed E-state index contributed by atoms with van der Waals surface area (Å²) >= 11 is 0. The zero-order valence-corrected chi connectivity index (χ0v) is 20.0. The molecule has 1 aliphatic rings. The fraction of sp³-hybridized carbons (Fsp3) is 0.538. The number of nitrogens with one attached hydrogen (secondary N) is 2. The molecule has 6 nitrogen and oxygen atoms in total. The molecule has 32 heavy (non-hydrogen) atoms. The molecule has 6 heteroatoms. The van der Waals surface area contributed by atoms with Gasteiger partial charge in [0.1, 0.15) is 0 Å². The SMILES string of the molecule is C=CCNC(=O)CCCC(C)(C)C1=CC(=O)C(C(C)(C)CCCC(=O)NCC=C)=CC1=O. The number of amides is 2. The van der Waals surface area contributed by atoms with Gasteiger partial charge in [0, 0.05) is 37.1 Å². The molecule has 0 aromatic heterocycles. The summed E-state index contributed by atoms with van der Waals surface area (Å²) in [5.74, 6) is -0.416. The van der Waals surface area contributed by atoms with Crippen LogP contribution in [0.3, 0.4) is 0 Å². The molecule has 1 aliphatic carbocycles. The van der Waals surface area contributed by atoms with Crippen LogP contribution in [0.15, 0.2) is 48.6 Å². The van der Waals surface area contributed by atoms with E-state index < -0.39 is 10.8 Å². The molecule has 0 aliphatic heterocycles. The summed E-state index contributed by atoms with van der Waals surface area (Å²) in [6.45, 7) is 15.7. The topological polar surface area (TPSA) is 92.3 Å². The second-order valence-electron chi connectivity index (χ2n) is 9.50. The van der Waals surface area contributed by atoms with Gasteiger partial charge in [0.15, 0.2) is 11.6 Å². The zero-order chi connectivity index (χ0) is 24.4. The predicted molar refractivity (Wildman–Crippen MR) is 128 cm³/mol. The fourth-order valence-corrected chi connectivity index (χ4v) is 3.82. The van der Waals surface area contributed by atoms with Crippen molar-refractivity contribution >= 4 is 23.4 Å². The van der Waals surface area contributed by atoms with E-state index in [9.17, 15) is 19.2 Å². The lowest BCUT2D eigenvalue weighted by Crippen LogP contribution is -2.30. The average Bonchev–Trinajstić information content (AvgIpc) is 2.71. The molecular formula is C26H38N2O4. The Hall–Kier alpha value is -2.76. The number of ketones is 2. The van der Waals surface area contributed by atoms with Crippen molar-refractivity contribution in [3.05, 3.63) is 48.6 Å². The number of carbonyl (C=O) groups is 4. The van der Waals surface area contributed by atoms with Crippen molar-refractivity contribution in [2.75, 3.05) is 13.1 Å². The summed E-state index contributed by atoms with van der Waals surface area (Å²) < 4.78 is 0. The maximum absolute atomic E-state index is 12.9. The highest BCUT2D eigenvalue weighted by atomic mass is 16.2. The van der Waals surface area contributed by atoms with Gasteiger partial charge in [-0.2, -0.15) is 0 Å². The highest BCUT2D eigenvalue weighted by Gasteiger charge is 2.36. The summed E-state index contributed by atoms with van der Waals surface area (Å²) in [5.41, 5.74) is -0.0587. The Kier molecular flexibility index (Phi) is 10.5. The van der Waals surface area contributed by atoms with Crippen LogP contribution in [0, 0.1) is 10.8 Å². The Bertz CT molecular complexity index is 748. The van der Waals surface area contributed by atoms with Crippen molar-refractivity contribution in [3.8, 4) is 0 Å². The first kappa shape index (κ1) is 27.3. The van der Waals surface area contributed by atoms with Crippen molar-refractivity contribution in [2.45, 2.75) is 66.2 Å². The summed E-state index contributed by atoms with van der Waals surface area (Å²) in [7, 11) is 0. The summed E-state index contributed by atoms with van der Waals surface area (Å²) in [6.07, 6.45) is 9.38. The monoisotopic (exact) mass is 442 g/mol. The smallest absolute Gasteiger partial charge is 0.220 e. The van der Waals surface area contributed by atoms with Gasteiger partial charge in [0.05, 0.1) is 0 Å². The molecule has 0 saturated heterocycles. The summed E-state index contributed by atoms with van der Waals surface area (Å²) in [6, 6.07) is 0. The molecule has 2 amide bonds. The van der Waals surface area contributed by atoms with E-state index in [0.717, 1.165) is 0 Å². The van der Waals surface area contributed by atoms with Gasteiger partial charge < -0.3 is 10.6 Å². The molecule has 0 radical (unpaired) electrons. The molecule has 0 aromatic carbocycles. The standard InChI is InChI=1S/C26H38N2O4/c1-7-15-27-23(31)11-9-13-25(3,4)19-17-22(30)20(18-21(19)29)26(5,6)14-10-12-24(32)28-16-8-2/h7-8,17-18H,1-2,9-16H2,3-6H3,(H,27,31)(H,28,32). The lowest BCUT2D eigenvalue weighted by atomic mass is 9.70. The highest BCUT2D eigenvalue weighted by molar-refractivity contribution is 6.20. The summed E-state index contributed by atoms with van der Waals surface area (Å²) in [5, 5.41) is 5.48. The van der Waals surface area contributed by atoms with E-state index in [1.807, 2.05) is 27.7 Å². The summed E-state index contributed by atoms with van der Waals surface area (Å²) in [4.78, 5) is 49.4. The van der Waals surface area contributed by atoms with Crippen LogP contribution in [0.5, 0.6) is 0 Å². The molecule has 0 heterocycles. The van der Waals surface area contributed by atoms with E-state index in [1.54, 1.807) is 12.2 Å². The van der Waals surface area contributed by atoms with Crippen LogP contribution >= 0.6 is 0 Å². The minimum atomic E-state index is -0.513. The van der Waals surface area contributed by atoms with Crippen molar-refractivity contribution in [1.29, 1.82) is 0 Å². The van der Waals surface area contributed by atoms with Crippen LogP contribution < -0.4 is 10.6 Å². The highest BCUT2D eigenvalue weighted by Crippen LogP contribution is 2.40. The number of allylic oxidation sites excluding steroid dienone is 4. The third-order valence-corrected chi connectivity index (χ3v) is 5.84. The van der Waals surface area contributed by atoms with Gasteiger partial charge in [-0.1, -0.05) is 39.8 Å². The maximum atomic E-state index is 12.9. The number of carbonyl (C=O) groups excluding carboxylic acids is 4. The van der Waals surface area contributed by atoms with Crippen LogP contribution in [-0.4, -0.2) is 36.5 Å². The van der Waals surface area contributed by atoms with Gasteiger partial charge in [0.25, 0.3) is 0 Å². The fourth-order valence-electron chi connectivity index (χ4n) is 3.82. The molecule has 0 bridgehead atoms. The Morgan fingerprint density at radius 1 is 0.781 bits per heavy atom. The van der Waals surface area contributed by atoms with Gasteiger partial charge in [-0.15, -0.1) is 13.2 Å². The predicted octanol–water partition coefficient (Wildman–Crippen LogP) is 3.99. The number of rotatable bonds is 14. The van der Waals surface area contributed by atoms with Gasteiger partial charge in [-0.25, -0.2) is 0 Å². The van der Waals surface area contributed by atoms with Crippen LogP contribution in [0.4, 0.5) is 0 Å². The van der Waals surface area contributed by atoms with Crippen LogP contribution in [0.2, 0.25) is 0 Å². The molecular weight excluding hydrogens is 404 g/mol. The average molecular weight is 443 g/mol. The van der Waals surface area contributed by atoms with E-state index in [-0.39, 0.29) is 23.4 Å². The zero-order valence-electron chi connectivity index (χ0n) is 20.0. The van der Waals surface area contributed by atoms with Crippen LogP contribution in [0.25, 0.3) is 0 Å². The van der Waals surface area contributed by atoms with E-state index in [1.165, 1.54) is 12.2 Å². The molecule has 0 saturated carbocycles. The van der Waals surface area contributed by atoms with Gasteiger partial charge in [-0.05, 0) is 48.7 Å². The number of hydrogen-bond acceptors (Lipinski definition) is 4. The Morgan fingerprint density at radius 3 is 1.44 bits per heavy atom. The minimum absolute atomic E-state index is 0.0529. The first-order valence-electron chi connectivity index (χ1n) is 11.2. The van der Waals surface area contributed by atoms with E-state index in [4.69, 9.17) is 0 Å². The molecule has 0 fully saturated rings. The normalized spacial score (nSPS) is 14.4. The first-order valence-corrected chi connectivity index (χ1v) is 11.2. The Morgan fingerprint density at radius 2 is 1.12 bits per heavy atom. The van der Waals surface area contributed by atoms with Crippen molar-refractivity contribution in [1.82, 2.24) is 10.6 Å². The molecule has 0 unspecified atom stereocenters. The molecule has 176 valence electrons. The minimum Gasteiger partial charge on any atom is -0.353 e. The van der Waals surface area contributed by atoms with Gasteiger partial charge >= 0.3 is 0 Å². The molecule has 0 spiro atoms. The molecule has 0 aromatic rings. The van der Waals surface area contributed by atoms with E-state index in [0.29, 0.717) is 62.8 Å². The molecule has 0 atom stereocenters. The number of hydrogen-bond donors (Lipinski definition) is 2. The van der Waals surface area contributed by atoms with Crippen molar-refractivity contribution in [2.24, 2.45) is 10.8 Å². The van der Waals surface area contributed by atoms with Crippen molar-refractivity contribution in [3.63, 3.8) is 0 Å². The maximum Gasteiger partial charge on any atom is 0.220 e. The molecule has 1 rings (SSSR count). The largest absolute Gasteiger partial charge is 0.353 e. The Balaban J connectivity index is 2.73. The van der Waals surface area contributed by atoms with Crippen molar-refractivity contribution < 1.29 is 19.2 Å². The van der Waals surface area contributed by atoms with E-state index >= 15 is 0 Å². The first-order chi connectivity index (χ1) is 14.9. The lowest BCUT2D eigenvalue weighted by Gasteiger charge is -2.32. The van der Waals surface area contributed by atoms with Crippen LogP contribution in [0.1, 0.15) is 66.2 Å². The van der Waals surface area contributed by atoms with Crippen LogP contribution in [-0.2, 0) is 19.2 Å². The second kappa shape index (κ2) is 12.3. The Labute approximate surface area is 192 Å². The van der Waals surface area contributed by atoms with Gasteiger partial charge in [0.2, 0.25) is 11.8 Å². The second-order valence-corrected chi connectivity index (χ2v) is 9.50.